The molecule has 5 nitrogen and oxygen atoms in total. The SMILES string of the molecule is CCCCNS(=O)(=O)c1ccc2c(c1)OCCCO2. The van der Waals surface area contributed by atoms with Crippen molar-refractivity contribution in [3.8, 4) is 11.5 Å². The second kappa shape index (κ2) is 6.25. The first-order valence-corrected chi connectivity index (χ1v) is 8.01. The molecule has 6 heteroatoms. The lowest BCUT2D eigenvalue weighted by atomic mass is 10.3. The topological polar surface area (TPSA) is 64.6 Å². The maximum Gasteiger partial charge on any atom is 0.240 e. The fraction of sp³-hybridized carbons (Fsp3) is 0.538. The predicted octanol–water partition coefficient (Wildman–Crippen LogP) is 1.93. The third-order valence-corrected chi connectivity index (χ3v) is 4.31. The molecule has 0 saturated carbocycles. The first-order chi connectivity index (χ1) is 9.13. The largest absolute Gasteiger partial charge is 0.490 e. The monoisotopic (exact) mass is 285 g/mol. The molecule has 0 aliphatic carbocycles. The normalized spacial score (nSPS) is 15.0. The number of ether oxygens (including phenoxy) is 2. The molecule has 0 atom stereocenters. The average Bonchev–Trinajstić information content (AvgIpc) is 2.63. The second-order valence-electron chi connectivity index (χ2n) is 4.41. The van der Waals surface area contributed by atoms with E-state index in [1.54, 1.807) is 12.1 Å². The van der Waals surface area contributed by atoms with E-state index in [1.807, 2.05) is 6.92 Å². The summed E-state index contributed by atoms with van der Waals surface area (Å²) in [4.78, 5) is 0.216. The summed E-state index contributed by atoms with van der Waals surface area (Å²) in [7, 11) is -3.46. The maximum atomic E-state index is 12.1. The van der Waals surface area contributed by atoms with E-state index in [9.17, 15) is 8.42 Å². The average molecular weight is 285 g/mol. The molecule has 1 aromatic rings. The maximum absolute atomic E-state index is 12.1. The van der Waals surface area contributed by atoms with Gasteiger partial charge in [0.15, 0.2) is 11.5 Å². The molecule has 0 aromatic heterocycles. The number of benzene rings is 1. The number of fused-ring (bicyclic) bond motifs is 1. The van der Waals surface area contributed by atoms with E-state index in [1.165, 1.54) is 6.07 Å². The predicted molar refractivity (Wildman–Crippen MR) is 72.1 cm³/mol. The van der Waals surface area contributed by atoms with Gasteiger partial charge in [-0.1, -0.05) is 13.3 Å². The van der Waals surface area contributed by atoms with Crippen LogP contribution in [0.25, 0.3) is 0 Å². The smallest absolute Gasteiger partial charge is 0.240 e. The van der Waals surface area contributed by atoms with E-state index in [0.29, 0.717) is 31.3 Å². The molecule has 106 valence electrons. The van der Waals surface area contributed by atoms with E-state index in [-0.39, 0.29) is 4.90 Å². The van der Waals surface area contributed by atoms with Crippen LogP contribution in [0.15, 0.2) is 23.1 Å². The van der Waals surface area contributed by atoms with E-state index >= 15 is 0 Å². The van der Waals surface area contributed by atoms with E-state index in [4.69, 9.17) is 9.47 Å². The van der Waals surface area contributed by atoms with Gasteiger partial charge in [0.25, 0.3) is 0 Å². The minimum absolute atomic E-state index is 0.216. The van der Waals surface area contributed by atoms with Crippen molar-refractivity contribution in [3.63, 3.8) is 0 Å². The Kier molecular flexibility index (Phi) is 4.66. The molecule has 0 spiro atoms. The van der Waals surface area contributed by atoms with Crippen molar-refractivity contribution < 1.29 is 17.9 Å². The van der Waals surface area contributed by atoms with Gasteiger partial charge in [-0.2, -0.15) is 0 Å². The molecule has 0 amide bonds. The highest BCUT2D eigenvalue weighted by atomic mass is 32.2. The van der Waals surface area contributed by atoms with Crippen LogP contribution in [-0.4, -0.2) is 28.2 Å². The van der Waals surface area contributed by atoms with Crippen LogP contribution in [0.5, 0.6) is 11.5 Å². The molecule has 1 N–H and O–H groups in total. The lowest BCUT2D eigenvalue weighted by Crippen LogP contribution is -2.24. The molecule has 0 saturated heterocycles. The molecule has 0 radical (unpaired) electrons. The highest BCUT2D eigenvalue weighted by Gasteiger charge is 2.18. The van der Waals surface area contributed by atoms with Crippen molar-refractivity contribution in [2.24, 2.45) is 0 Å². The lowest BCUT2D eigenvalue weighted by Gasteiger charge is -2.10. The van der Waals surface area contributed by atoms with Gasteiger partial charge >= 0.3 is 0 Å². The number of hydrogen-bond acceptors (Lipinski definition) is 4. The Balaban J connectivity index is 2.18. The van der Waals surface area contributed by atoms with Gasteiger partial charge in [-0.3, -0.25) is 0 Å². The van der Waals surface area contributed by atoms with Crippen molar-refractivity contribution in [1.29, 1.82) is 0 Å². The van der Waals surface area contributed by atoms with Gasteiger partial charge in [-0.05, 0) is 18.6 Å². The van der Waals surface area contributed by atoms with E-state index in [0.717, 1.165) is 19.3 Å². The van der Waals surface area contributed by atoms with Crippen LogP contribution in [0.4, 0.5) is 0 Å². The Labute approximate surface area is 114 Å². The summed E-state index contributed by atoms with van der Waals surface area (Å²) in [6, 6.07) is 4.71. The van der Waals surface area contributed by atoms with Gasteiger partial charge in [-0.25, -0.2) is 13.1 Å². The third-order valence-electron chi connectivity index (χ3n) is 2.85. The zero-order chi connectivity index (χ0) is 13.7. The van der Waals surface area contributed by atoms with Crippen LogP contribution in [0.3, 0.4) is 0 Å². The van der Waals surface area contributed by atoms with Crippen LogP contribution in [0.1, 0.15) is 26.2 Å². The molecule has 1 aromatic carbocycles. The van der Waals surface area contributed by atoms with Crippen LogP contribution < -0.4 is 14.2 Å². The Hall–Kier alpha value is -1.27. The number of rotatable bonds is 5. The quantitative estimate of drug-likeness (QED) is 0.840. The van der Waals surface area contributed by atoms with Crippen LogP contribution in [0, 0.1) is 0 Å². The Morgan fingerprint density at radius 3 is 2.68 bits per heavy atom. The lowest BCUT2D eigenvalue weighted by molar-refractivity contribution is 0.297. The molecule has 2 rings (SSSR count). The number of hydrogen-bond donors (Lipinski definition) is 1. The highest BCUT2D eigenvalue weighted by molar-refractivity contribution is 7.89. The van der Waals surface area contributed by atoms with E-state index in [2.05, 4.69) is 4.72 Å². The number of nitrogens with one attached hydrogen (secondary N) is 1. The van der Waals surface area contributed by atoms with Gasteiger partial charge in [0.2, 0.25) is 10.0 Å². The number of unbranched alkanes of at least 4 members (excludes halogenated alkanes) is 1. The molecule has 0 bridgehead atoms. The molecule has 1 aliphatic rings. The molecular weight excluding hydrogens is 266 g/mol. The first kappa shape index (κ1) is 14.1. The van der Waals surface area contributed by atoms with Crippen molar-refractivity contribution in [1.82, 2.24) is 4.72 Å². The van der Waals surface area contributed by atoms with Crippen LogP contribution in [-0.2, 0) is 10.0 Å². The summed E-state index contributed by atoms with van der Waals surface area (Å²) in [6.07, 6.45) is 2.57. The third kappa shape index (κ3) is 3.61. The summed E-state index contributed by atoms with van der Waals surface area (Å²) in [5.74, 6) is 1.10. The van der Waals surface area contributed by atoms with Gasteiger partial charge in [0.05, 0.1) is 18.1 Å². The van der Waals surface area contributed by atoms with Crippen molar-refractivity contribution in [2.75, 3.05) is 19.8 Å². The minimum Gasteiger partial charge on any atom is -0.490 e. The number of sulfonamides is 1. The minimum atomic E-state index is -3.46. The zero-order valence-electron chi connectivity index (χ0n) is 11.0. The molecule has 0 unspecified atom stereocenters. The van der Waals surface area contributed by atoms with Crippen molar-refractivity contribution in [3.05, 3.63) is 18.2 Å². The standard InChI is InChI=1S/C13H19NO4S/c1-2-3-7-14-19(15,16)11-5-6-12-13(10-11)18-9-4-8-17-12/h5-6,10,14H,2-4,7-9H2,1H3. The van der Waals surface area contributed by atoms with Crippen molar-refractivity contribution >= 4 is 10.0 Å². The summed E-state index contributed by atoms with van der Waals surface area (Å²) in [5, 5.41) is 0. The Morgan fingerprint density at radius 1 is 1.21 bits per heavy atom. The summed E-state index contributed by atoms with van der Waals surface area (Å²) < 4.78 is 37.7. The molecule has 1 aliphatic heterocycles. The summed E-state index contributed by atoms with van der Waals surface area (Å²) in [6.45, 7) is 3.60. The van der Waals surface area contributed by atoms with Gasteiger partial charge in [0, 0.05) is 19.0 Å². The molecular formula is C13H19NO4S. The Bertz CT molecular complexity index is 527. The first-order valence-electron chi connectivity index (χ1n) is 6.53. The summed E-state index contributed by atoms with van der Waals surface area (Å²) >= 11 is 0. The van der Waals surface area contributed by atoms with Gasteiger partial charge in [-0.15, -0.1) is 0 Å². The van der Waals surface area contributed by atoms with Gasteiger partial charge in [0.1, 0.15) is 0 Å². The zero-order valence-corrected chi connectivity index (χ0v) is 11.8. The second-order valence-corrected chi connectivity index (χ2v) is 6.18. The van der Waals surface area contributed by atoms with Crippen LogP contribution >= 0.6 is 0 Å². The van der Waals surface area contributed by atoms with Gasteiger partial charge < -0.3 is 9.47 Å². The highest BCUT2D eigenvalue weighted by Crippen LogP contribution is 2.31. The van der Waals surface area contributed by atoms with Crippen LogP contribution in [0.2, 0.25) is 0 Å². The fourth-order valence-corrected chi connectivity index (χ4v) is 2.87. The summed E-state index contributed by atoms with van der Waals surface area (Å²) in [5.41, 5.74) is 0. The van der Waals surface area contributed by atoms with Crippen molar-refractivity contribution in [2.45, 2.75) is 31.1 Å². The molecule has 19 heavy (non-hydrogen) atoms. The Morgan fingerprint density at radius 2 is 1.95 bits per heavy atom. The molecule has 1 heterocycles. The molecule has 0 fully saturated rings. The van der Waals surface area contributed by atoms with E-state index < -0.39 is 10.0 Å². The fourth-order valence-electron chi connectivity index (χ4n) is 1.78.